The molecule has 0 aliphatic carbocycles. The molecule has 0 saturated heterocycles. The van der Waals surface area contributed by atoms with E-state index in [2.05, 4.69) is 32.8 Å². The third kappa shape index (κ3) is 3.61. The molecule has 0 saturated carbocycles. The maximum atomic E-state index is 12.0. The maximum Gasteiger partial charge on any atom is 0.356 e. The number of esters is 1. The van der Waals surface area contributed by atoms with Crippen molar-refractivity contribution in [2.45, 2.75) is 34.2 Å². The molecule has 0 aromatic carbocycles. The summed E-state index contributed by atoms with van der Waals surface area (Å²) in [6, 6.07) is 0. The maximum absolute atomic E-state index is 12.0. The summed E-state index contributed by atoms with van der Waals surface area (Å²) in [5.41, 5.74) is 1.11. The van der Waals surface area contributed by atoms with Crippen LogP contribution in [0.25, 0.3) is 0 Å². The van der Waals surface area contributed by atoms with Crippen molar-refractivity contribution in [1.29, 1.82) is 0 Å². The van der Waals surface area contributed by atoms with Gasteiger partial charge < -0.3 is 9.30 Å². The van der Waals surface area contributed by atoms with E-state index in [9.17, 15) is 4.79 Å². The number of halogens is 1. The SMILES string of the molecule is CC#CCn1c(Br)nc(C)c1C(=O)OCC(C)C. The Morgan fingerprint density at radius 1 is 1.56 bits per heavy atom. The Morgan fingerprint density at radius 3 is 2.78 bits per heavy atom. The van der Waals surface area contributed by atoms with Crippen LogP contribution in [0.1, 0.15) is 37.0 Å². The van der Waals surface area contributed by atoms with Gasteiger partial charge in [0.25, 0.3) is 0 Å². The standard InChI is InChI=1S/C13H17BrN2O2/c1-5-6-7-16-11(10(4)15-13(16)14)12(17)18-8-9(2)3/h9H,7-8H2,1-4H3. The summed E-state index contributed by atoms with van der Waals surface area (Å²) in [5, 5.41) is 0. The normalized spacial score (nSPS) is 10.1. The van der Waals surface area contributed by atoms with E-state index in [1.165, 1.54) is 0 Å². The number of aryl methyl sites for hydroxylation is 1. The molecule has 0 unspecified atom stereocenters. The fraction of sp³-hybridized carbons (Fsp3) is 0.538. The number of carbonyl (C=O) groups excluding carboxylic acids is 1. The van der Waals surface area contributed by atoms with Gasteiger partial charge >= 0.3 is 5.97 Å². The number of carbonyl (C=O) groups is 1. The molecule has 0 aliphatic heterocycles. The molecule has 5 heteroatoms. The average Bonchev–Trinajstić information content (AvgIpc) is 2.58. The summed E-state index contributed by atoms with van der Waals surface area (Å²) in [4.78, 5) is 16.2. The van der Waals surface area contributed by atoms with Crippen molar-refractivity contribution in [2.24, 2.45) is 5.92 Å². The molecule has 0 spiro atoms. The van der Waals surface area contributed by atoms with Gasteiger partial charge in [-0.1, -0.05) is 19.8 Å². The Bertz CT molecular complexity index is 495. The van der Waals surface area contributed by atoms with Crippen LogP contribution < -0.4 is 0 Å². The summed E-state index contributed by atoms with van der Waals surface area (Å²) in [7, 11) is 0. The molecule has 1 heterocycles. The second kappa shape index (κ2) is 6.60. The number of aromatic nitrogens is 2. The third-order valence-electron chi connectivity index (χ3n) is 2.25. The van der Waals surface area contributed by atoms with E-state index in [0.29, 0.717) is 35.2 Å². The topological polar surface area (TPSA) is 44.1 Å². The Balaban J connectivity index is 2.97. The molecule has 1 rings (SSSR count). The number of hydrogen-bond acceptors (Lipinski definition) is 3. The van der Waals surface area contributed by atoms with Crippen molar-refractivity contribution >= 4 is 21.9 Å². The number of ether oxygens (including phenoxy) is 1. The van der Waals surface area contributed by atoms with Crippen LogP contribution in [0.15, 0.2) is 4.73 Å². The molecule has 0 bridgehead atoms. The third-order valence-corrected chi connectivity index (χ3v) is 2.86. The second-order valence-corrected chi connectivity index (χ2v) is 5.03. The second-order valence-electron chi connectivity index (χ2n) is 4.32. The van der Waals surface area contributed by atoms with Crippen molar-refractivity contribution in [2.75, 3.05) is 6.61 Å². The molecule has 0 fully saturated rings. The fourth-order valence-electron chi connectivity index (χ4n) is 1.41. The minimum absolute atomic E-state index is 0.310. The molecule has 0 aliphatic rings. The Morgan fingerprint density at radius 2 is 2.22 bits per heavy atom. The molecule has 0 radical (unpaired) electrons. The van der Waals surface area contributed by atoms with Gasteiger partial charge in [0, 0.05) is 0 Å². The first kappa shape index (κ1) is 14.8. The zero-order valence-electron chi connectivity index (χ0n) is 11.1. The highest BCUT2D eigenvalue weighted by molar-refractivity contribution is 9.10. The van der Waals surface area contributed by atoms with E-state index < -0.39 is 0 Å². The van der Waals surface area contributed by atoms with Gasteiger partial charge in [0.1, 0.15) is 0 Å². The number of hydrogen-bond donors (Lipinski definition) is 0. The monoisotopic (exact) mass is 312 g/mol. The van der Waals surface area contributed by atoms with Gasteiger partial charge in [-0.3, -0.25) is 0 Å². The van der Waals surface area contributed by atoms with Crippen LogP contribution in [0.5, 0.6) is 0 Å². The molecule has 1 aromatic rings. The van der Waals surface area contributed by atoms with Crippen LogP contribution in [0, 0.1) is 24.7 Å². The smallest absolute Gasteiger partial charge is 0.356 e. The molecule has 0 amide bonds. The van der Waals surface area contributed by atoms with Crippen molar-refractivity contribution < 1.29 is 9.53 Å². The summed E-state index contributed by atoms with van der Waals surface area (Å²) >= 11 is 3.32. The Kier molecular flexibility index (Phi) is 5.42. The van der Waals surface area contributed by atoms with Gasteiger partial charge in [-0.05, 0) is 35.7 Å². The number of imidazole rings is 1. The molecule has 1 aromatic heterocycles. The molecule has 98 valence electrons. The van der Waals surface area contributed by atoms with E-state index in [4.69, 9.17) is 4.74 Å². The van der Waals surface area contributed by atoms with Crippen LogP contribution in [-0.4, -0.2) is 22.1 Å². The van der Waals surface area contributed by atoms with Crippen LogP contribution in [-0.2, 0) is 11.3 Å². The number of rotatable bonds is 4. The first-order valence-corrected chi connectivity index (χ1v) is 6.56. The van der Waals surface area contributed by atoms with Gasteiger partial charge in [-0.25, -0.2) is 9.78 Å². The fourth-order valence-corrected chi connectivity index (χ4v) is 1.98. The Labute approximate surface area is 116 Å². The average molecular weight is 313 g/mol. The van der Waals surface area contributed by atoms with Crippen molar-refractivity contribution in [3.05, 3.63) is 16.1 Å². The highest BCUT2D eigenvalue weighted by Crippen LogP contribution is 2.17. The molecule has 0 atom stereocenters. The van der Waals surface area contributed by atoms with Gasteiger partial charge in [0.15, 0.2) is 10.4 Å². The predicted octanol–water partition coefficient (Wildman–Crippen LogP) is 2.79. The first-order valence-electron chi connectivity index (χ1n) is 5.76. The van der Waals surface area contributed by atoms with Gasteiger partial charge in [0.2, 0.25) is 0 Å². The van der Waals surface area contributed by atoms with Crippen molar-refractivity contribution in [3.8, 4) is 11.8 Å². The predicted molar refractivity (Wildman–Crippen MR) is 73.2 cm³/mol. The Hall–Kier alpha value is -1.28. The highest BCUT2D eigenvalue weighted by Gasteiger charge is 2.20. The lowest BCUT2D eigenvalue weighted by Gasteiger charge is -2.09. The minimum Gasteiger partial charge on any atom is -0.461 e. The van der Waals surface area contributed by atoms with Crippen molar-refractivity contribution in [3.63, 3.8) is 0 Å². The lowest BCUT2D eigenvalue weighted by molar-refractivity contribution is 0.0446. The van der Waals surface area contributed by atoms with Crippen LogP contribution in [0.4, 0.5) is 0 Å². The van der Waals surface area contributed by atoms with E-state index in [1.807, 2.05) is 13.8 Å². The summed E-state index contributed by atoms with van der Waals surface area (Å²) < 4.78 is 7.55. The summed E-state index contributed by atoms with van der Waals surface area (Å²) in [6.07, 6.45) is 0. The molecule has 18 heavy (non-hydrogen) atoms. The van der Waals surface area contributed by atoms with Crippen LogP contribution in [0.3, 0.4) is 0 Å². The van der Waals surface area contributed by atoms with E-state index >= 15 is 0 Å². The van der Waals surface area contributed by atoms with E-state index in [1.54, 1.807) is 18.4 Å². The lowest BCUT2D eigenvalue weighted by atomic mass is 10.2. The summed E-state index contributed by atoms with van der Waals surface area (Å²) in [6.45, 7) is 8.36. The quantitative estimate of drug-likeness (QED) is 0.634. The highest BCUT2D eigenvalue weighted by atomic mass is 79.9. The number of nitrogens with zero attached hydrogens (tertiary/aromatic N) is 2. The zero-order chi connectivity index (χ0) is 13.7. The van der Waals surface area contributed by atoms with Gasteiger partial charge in [-0.15, -0.1) is 5.92 Å². The lowest BCUT2D eigenvalue weighted by Crippen LogP contribution is -2.16. The van der Waals surface area contributed by atoms with E-state index in [0.717, 1.165) is 0 Å². The first-order chi connectivity index (χ1) is 8.47. The van der Waals surface area contributed by atoms with E-state index in [-0.39, 0.29) is 5.97 Å². The molecular formula is C13H17BrN2O2. The van der Waals surface area contributed by atoms with Crippen LogP contribution >= 0.6 is 15.9 Å². The molecular weight excluding hydrogens is 296 g/mol. The van der Waals surface area contributed by atoms with Crippen LogP contribution in [0.2, 0.25) is 0 Å². The molecule has 0 N–H and O–H groups in total. The van der Waals surface area contributed by atoms with Gasteiger partial charge in [-0.2, -0.15) is 0 Å². The summed E-state index contributed by atoms with van der Waals surface area (Å²) in [5.74, 6) is 5.67. The minimum atomic E-state index is -0.350. The van der Waals surface area contributed by atoms with Gasteiger partial charge in [0.05, 0.1) is 18.8 Å². The largest absolute Gasteiger partial charge is 0.461 e. The van der Waals surface area contributed by atoms with Crippen molar-refractivity contribution in [1.82, 2.24) is 9.55 Å². The molecule has 4 nitrogen and oxygen atoms in total. The zero-order valence-corrected chi connectivity index (χ0v) is 12.7.